The first-order valence-corrected chi connectivity index (χ1v) is 7.66. The molecule has 0 unspecified atom stereocenters. The number of nitrogens with one attached hydrogen (secondary N) is 1. The van der Waals surface area contributed by atoms with Crippen LogP contribution in [0.15, 0.2) is 35.1 Å². The van der Waals surface area contributed by atoms with Gasteiger partial charge >= 0.3 is 0 Å². The number of furan rings is 1. The molecule has 23 heavy (non-hydrogen) atoms. The number of amides is 1. The molecule has 1 aliphatic heterocycles. The zero-order valence-electron chi connectivity index (χ0n) is 13.1. The van der Waals surface area contributed by atoms with Crippen molar-refractivity contribution in [1.82, 2.24) is 20.2 Å². The van der Waals surface area contributed by atoms with Gasteiger partial charge in [0.25, 0.3) is 5.91 Å². The second-order valence-corrected chi connectivity index (χ2v) is 5.41. The molecular weight excluding hydrogens is 296 g/mol. The van der Waals surface area contributed by atoms with Gasteiger partial charge in [-0.05, 0) is 19.1 Å². The van der Waals surface area contributed by atoms with E-state index in [1.165, 1.54) is 12.4 Å². The van der Waals surface area contributed by atoms with Crippen molar-refractivity contribution >= 4 is 5.91 Å². The second-order valence-electron chi connectivity index (χ2n) is 5.41. The molecule has 1 atom stereocenters. The van der Waals surface area contributed by atoms with E-state index in [-0.39, 0.29) is 11.9 Å². The third kappa shape index (κ3) is 3.94. The van der Waals surface area contributed by atoms with E-state index in [0.29, 0.717) is 25.5 Å². The van der Waals surface area contributed by atoms with Crippen molar-refractivity contribution in [2.24, 2.45) is 0 Å². The van der Waals surface area contributed by atoms with Crippen molar-refractivity contribution in [2.45, 2.75) is 13.0 Å². The molecule has 0 saturated carbocycles. The summed E-state index contributed by atoms with van der Waals surface area (Å²) in [5, 5.41) is 2.92. The minimum Gasteiger partial charge on any atom is -0.465 e. The Morgan fingerprint density at radius 3 is 2.83 bits per heavy atom. The third-order valence-electron chi connectivity index (χ3n) is 3.83. The fourth-order valence-corrected chi connectivity index (χ4v) is 2.63. The van der Waals surface area contributed by atoms with Crippen LogP contribution < -0.4 is 5.32 Å². The molecule has 3 heterocycles. The fourth-order valence-electron chi connectivity index (χ4n) is 2.63. The molecule has 7 heteroatoms. The molecule has 0 radical (unpaired) electrons. The molecule has 1 aliphatic rings. The minimum absolute atomic E-state index is 0.0202. The van der Waals surface area contributed by atoms with Crippen LogP contribution >= 0.6 is 0 Å². The molecule has 2 aromatic heterocycles. The summed E-state index contributed by atoms with van der Waals surface area (Å²) in [6, 6.07) is 3.88. The predicted octanol–water partition coefficient (Wildman–Crippen LogP) is 1.18. The second kappa shape index (κ2) is 7.34. The lowest BCUT2D eigenvalue weighted by Gasteiger charge is -2.33. The fraction of sp³-hybridized carbons (Fsp3) is 0.438. The van der Waals surface area contributed by atoms with Crippen LogP contribution in [0.1, 0.15) is 28.1 Å². The zero-order chi connectivity index (χ0) is 16.1. The number of nitrogens with zero attached hydrogens (tertiary/aromatic N) is 3. The maximum atomic E-state index is 12.2. The van der Waals surface area contributed by atoms with E-state index in [4.69, 9.17) is 9.15 Å². The Hall–Kier alpha value is -2.25. The highest BCUT2D eigenvalue weighted by Gasteiger charge is 2.26. The molecule has 3 rings (SSSR count). The largest absolute Gasteiger partial charge is 0.465 e. The maximum Gasteiger partial charge on any atom is 0.271 e. The van der Waals surface area contributed by atoms with Crippen LogP contribution in [0, 0.1) is 6.92 Å². The number of morpholine rings is 1. The number of hydrogen-bond acceptors (Lipinski definition) is 6. The van der Waals surface area contributed by atoms with Crippen molar-refractivity contribution in [3.05, 3.63) is 47.9 Å². The van der Waals surface area contributed by atoms with E-state index in [2.05, 4.69) is 20.2 Å². The third-order valence-corrected chi connectivity index (χ3v) is 3.83. The summed E-state index contributed by atoms with van der Waals surface area (Å²) in [5.41, 5.74) is 0.309. The number of aryl methyl sites for hydroxylation is 1. The lowest BCUT2D eigenvalue weighted by atomic mass is 10.1. The van der Waals surface area contributed by atoms with Crippen molar-refractivity contribution < 1.29 is 13.9 Å². The highest BCUT2D eigenvalue weighted by atomic mass is 16.5. The van der Waals surface area contributed by atoms with E-state index in [0.717, 1.165) is 24.6 Å². The average molecular weight is 316 g/mol. The van der Waals surface area contributed by atoms with Crippen LogP contribution in [-0.2, 0) is 4.74 Å². The molecular formula is C16H20N4O3. The molecule has 1 saturated heterocycles. The Balaban J connectivity index is 1.69. The number of carbonyl (C=O) groups excluding carboxylic acids is 1. The van der Waals surface area contributed by atoms with E-state index in [9.17, 15) is 4.79 Å². The molecule has 0 bridgehead atoms. The molecule has 0 spiro atoms. The van der Waals surface area contributed by atoms with Gasteiger partial charge in [-0.25, -0.2) is 4.98 Å². The Morgan fingerprint density at radius 2 is 2.17 bits per heavy atom. The molecule has 0 aliphatic carbocycles. The molecule has 0 aromatic carbocycles. The lowest BCUT2D eigenvalue weighted by molar-refractivity contribution is 0.0117. The van der Waals surface area contributed by atoms with Gasteiger partial charge in [0.1, 0.15) is 17.2 Å². The topological polar surface area (TPSA) is 80.5 Å². The summed E-state index contributed by atoms with van der Waals surface area (Å²) in [6.07, 6.45) is 4.50. The monoisotopic (exact) mass is 316 g/mol. The van der Waals surface area contributed by atoms with Crippen molar-refractivity contribution in [1.29, 1.82) is 0 Å². The van der Waals surface area contributed by atoms with E-state index < -0.39 is 0 Å². The van der Waals surface area contributed by atoms with E-state index in [1.54, 1.807) is 6.20 Å². The first-order valence-electron chi connectivity index (χ1n) is 7.66. The smallest absolute Gasteiger partial charge is 0.271 e. The standard InChI is InChI=1S/C16H20N4O3/c1-12-2-3-15(23-12)14(20-6-8-22-9-7-20)11-19-16(21)13-10-17-4-5-18-13/h2-5,10,14H,6-9,11H2,1H3,(H,19,21)/t14-/m1/s1. The number of hydrogen-bond donors (Lipinski definition) is 1. The van der Waals surface area contributed by atoms with Crippen LogP contribution in [0.3, 0.4) is 0 Å². The highest BCUT2D eigenvalue weighted by Crippen LogP contribution is 2.23. The van der Waals surface area contributed by atoms with Gasteiger partial charge in [0.05, 0.1) is 25.5 Å². The van der Waals surface area contributed by atoms with Gasteiger partial charge < -0.3 is 14.5 Å². The maximum absolute atomic E-state index is 12.2. The van der Waals surface area contributed by atoms with Crippen molar-refractivity contribution in [3.63, 3.8) is 0 Å². The van der Waals surface area contributed by atoms with Gasteiger partial charge in [0, 0.05) is 32.0 Å². The number of carbonyl (C=O) groups is 1. The lowest BCUT2D eigenvalue weighted by Crippen LogP contribution is -2.43. The number of ether oxygens (including phenoxy) is 1. The molecule has 122 valence electrons. The molecule has 1 amide bonds. The Bertz CT molecular complexity index is 638. The SMILES string of the molecule is Cc1ccc([C@@H](CNC(=O)c2cnccn2)N2CCOCC2)o1. The van der Waals surface area contributed by atoms with Gasteiger partial charge in [-0.3, -0.25) is 14.7 Å². The summed E-state index contributed by atoms with van der Waals surface area (Å²) in [6.45, 7) is 5.36. The molecule has 1 fully saturated rings. The van der Waals surface area contributed by atoms with Gasteiger partial charge in [-0.2, -0.15) is 0 Å². The van der Waals surface area contributed by atoms with Gasteiger partial charge in [0.2, 0.25) is 0 Å². The van der Waals surface area contributed by atoms with E-state index in [1.807, 2.05) is 19.1 Å². The van der Waals surface area contributed by atoms with Crippen LogP contribution in [0.5, 0.6) is 0 Å². The first kappa shape index (κ1) is 15.6. The van der Waals surface area contributed by atoms with Crippen molar-refractivity contribution in [2.75, 3.05) is 32.8 Å². The van der Waals surface area contributed by atoms with Crippen LogP contribution in [0.25, 0.3) is 0 Å². The molecule has 7 nitrogen and oxygen atoms in total. The normalized spacial score (nSPS) is 16.9. The summed E-state index contributed by atoms with van der Waals surface area (Å²) >= 11 is 0. The van der Waals surface area contributed by atoms with Crippen LogP contribution in [-0.4, -0.2) is 53.6 Å². The summed E-state index contributed by atoms with van der Waals surface area (Å²) in [7, 11) is 0. The Kier molecular flexibility index (Phi) is 4.99. The summed E-state index contributed by atoms with van der Waals surface area (Å²) < 4.78 is 11.2. The quantitative estimate of drug-likeness (QED) is 0.892. The average Bonchev–Trinajstić information content (AvgIpc) is 3.03. The Labute approximate surface area is 134 Å². The summed E-state index contributed by atoms with van der Waals surface area (Å²) in [4.78, 5) is 22.4. The number of aromatic nitrogens is 2. The highest BCUT2D eigenvalue weighted by molar-refractivity contribution is 5.91. The van der Waals surface area contributed by atoms with Crippen LogP contribution in [0.4, 0.5) is 0 Å². The number of rotatable bonds is 5. The van der Waals surface area contributed by atoms with Gasteiger partial charge in [-0.1, -0.05) is 0 Å². The van der Waals surface area contributed by atoms with E-state index >= 15 is 0 Å². The molecule has 2 aromatic rings. The minimum atomic E-state index is -0.236. The van der Waals surface area contributed by atoms with Gasteiger partial charge in [-0.15, -0.1) is 0 Å². The van der Waals surface area contributed by atoms with Gasteiger partial charge in [0.15, 0.2) is 0 Å². The first-order chi connectivity index (χ1) is 11.2. The predicted molar refractivity (Wildman–Crippen MR) is 82.9 cm³/mol. The van der Waals surface area contributed by atoms with Crippen LogP contribution in [0.2, 0.25) is 0 Å². The zero-order valence-corrected chi connectivity index (χ0v) is 13.1. The van der Waals surface area contributed by atoms with Crippen molar-refractivity contribution in [3.8, 4) is 0 Å². The Morgan fingerprint density at radius 1 is 1.35 bits per heavy atom. The molecule has 1 N–H and O–H groups in total. The summed E-state index contributed by atoms with van der Waals surface area (Å²) in [5.74, 6) is 1.47.